The van der Waals surface area contributed by atoms with E-state index >= 15 is 0 Å². The van der Waals surface area contributed by atoms with Crippen LogP contribution in [0.5, 0.6) is 0 Å². The predicted molar refractivity (Wildman–Crippen MR) is 88.8 cm³/mol. The van der Waals surface area contributed by atoms with E-state index in [1.807, 2.05) is 37.3 Å². The summed E-state index contributed by atoms with van der Waals surface area (Å²) in [5, 5.41) is 19.9. The molecule has 3 rings (SSSR count). The Morgan fingerprint density at radius 2 is 2.00 bits per heavy atom. The van der Waals surface area contributed by atoms with Gasteiger partial charge in [-0.15, -0.1) is 0 Å². The Morgan fingerprint density at radius 1 is 1.18 bits per heavy atom. The minimum absolute atomic E-state index is 0.183. The molecule has 0 bridgehead atoms. The second-order valence-electron chi connectivity index (χ2n) is 4.97. The maximum atomic E-state index is 7.82. The molecule has 0 amide bonds. The van der Waals surface area contributed by atoms with Crippen molar-refractivity contribution in [3.8, 4) is 5.82 Å². The summed E-state index contributed by atoms with van der Waals surface area (Å²) in [5.74, 6) is 0.713. The number of hydrogen-bond donors (Lipinski definition) is 2. The molecule has 5 heteroatoms. The molecule has 5 nitrogen and oxygen atoms in total. The van der Waals surface area contributed by atoms with Crippen LogP contribution in [-0.2, 0) is 0 Å². The second-order valence-corrected chi connectivity index (χ2v) is 4.97. The van der Waals surface area contributed by atoms with Crippen molar-refractivity contribution in [3.63, 3.8) is 0 Å². The number of pyridine rings is 1. The van der Waals surface area contributed by atoms with Crippen LogP contribution in [0.3, 0.4) is 0 Å². The number of hydrogen-bond acceptors (Lipinski definition) is 4. The van der Waals surface area contributed by atoms with E-state index in [4.69, 9.17) is 10.8 Å². The highest BCUT2D eigenvalue weighted by Gasteiger charge is 2.15. The fraction of sp³-hybridized carbons (Fsp3) is 0.0588. The fourth-order valence-electron chi connectivity index (χ4n) is 2.23. The fourth-order valence-corrected chi connectivity index (χ4v) is 2.23. The summed E-state index contributed by atoms with van der Waals surface area (Å²) in [6.45, 7) is 5.69. The van der Waals surface area contributed by atoms with Gasteiger partial charge in [-0.1, -0.05) is 18.7 Å². The topological polar surface area (TPSA) is 78.4 Å². The molecule has 2 aromatic rings. The van der Waals surface area contributed by atoms with Crippen molar-refractivity contribution in [3.05, 3.63) is 66.2 Å². The van der Waals surface area contributed by atoms with Gasteiger partial charge in [-0.3, -0.25) is 10.8 Å². The number of rotatable bonds is 3. The van der Waals surface area contributed by atoms with E-state index < -0.39 is 0 Å². The Hall–Kier alpha value is -3.08. The third-order valence-corrected chi connectivity index (χ3v) is 3.34. The van der Waals surface area contributed by atoms with E-state index in [2.05, 4.69) is 16.7 Å². The first-order chi connectivity index (χ1) is 10.6. The minimum atomic E-state index is 0.183. The van der Waals surface area contributed by atoms with Crippen molar-refractivity contribution in [2.45, 2.75) is 6.92 Å². The van der Waals surface area contributed by atoms with Crippen LogP contribution in [0.1, 0.15) is 17.1 Å². The van der Waals surface area contributed by atoms with Gasteiger partial charge in [0.05, 0.1) is 22.8 Å². The van der Waals surface area contributed by atoms with Gasteiger partial charge in [0, 0.05) is 11.3 Å². The van der Waals surface area contributed by atoms with Crippen LogP contribution < -0.4 is 0 Å². The molecule has 22 heavy (non-hydrogen) atoms. The number of nitrogens with one attached hydrogen (secondary N) is 2. The van der Waals surface area contributed by atoms with Crippen LogP contribution in [0.25, 0.3) is 17.5 Å². The first-order valence-electron chi connectivity index (χ1n) is 6.82. The van der Waals surface area contributed by atoms with Crippen molar-refractivity contribution in [1.29, 1.82) is 10.8 Å². The van der Waals surface area contributed by atoms with Gasteiger partial charge in [0.25, 0.3) is 0 Å². The Morgan fingerprint density at radius 3 is 2.68 bits per heavy atom. The molecule has 0 saturated carbocycles. The minimum Gasteiger partial charge on any atom is -0.299 e. The maximum absolute atomic E-state index is 7.82. The quantitative estimate of drug-likeness (QED) is 0.851. The average molecular weight is 289 g/mol. The van der Waals surface area contributed by atoms with Gasteiger partial charge in [0.15, 0.2) is 5.82 Å². The normalized spacial score (nSPS) is 14.1. The smallest absolute Gasteiger partial charge is 0.154 e. The van der Waals surface area contributed by atoms with Gasteiger partial charge in [-0.05, 0) is 43.4 Å². The lowest BCUT2D eigenvalue weighted by Crippen LogP contribution is -2.11. The molecule has 0 atom stereocenters. The molecule has 2 N–H and O–H groups in total. The summed E-state index contributed by atoms with van der Waals surface area (Å²) in [6.07, 6.45) is 6.78. The van der Waals surface area contributed by atoms with Crippen molar-refractivity contribution in [2.75, 3.05) is 0 Å². The zero-order valence-corrected chi connectivity index (χ0v) is 12.2. The number of nitrogens with zero attached hydrogens (tertiary/aromatic N) is 3. The predicted octanol–water partition coefficient (Wildman–Crippen LogP) is 3.21. The molecule has 0 fully saturated rings. The average Bonchev–Trinajstić information content (AvgIpc) is 2.94. The molecular formula is C17H15N5. The molecule has 0 spiro atoms. The molecule has 1 aliphatic carbocycles. The second kappa shape index (κ2) is 5.37. The van der Waals surface area contributed by atoms with Gasteiger partial charge < -0.3 is 0 Å². The SMILES string of the molecule is C=Cc1cc(C2=CC(=N)C(=N)C=C2)n(-c2cccc(C)n2)n1. The van der Waals surface area contributed by atoms with Crippen molar-refractivity contribution in [1.82, 2.24) is 14.8 Å². The zero-order chi connectivity index (χ0) is 15.7. The third-order valence-electron chi connectivity index (χ3n) is 3.34. The molecule has 0 unspecified atom stereocenters. The molecule has 108 valence electrons. The van der Waals surface area contributed by atoms with Crippen LogP contribution in [0.4, 0.5) is 0 Å². The maximum Gasteiger partial charge on any atom is 0.154 e. The zero-order valence-electron chi connectivity index (χ0n) is 12.2. The summed E-state index contributed by atoms with van der Waals surface area (Å²) < 4.78 is 1.74. The molecule has 0 saturated heterocycles. The van der Waals surface area contributed by atoms with E-state index in [0.717, 1.165) is 22.7 Å². The Labute approximate surface area is 128 Å². The lowest BCUT2D eigenvalue weighted by molar-refractivity contribution is 0.827. The van der Waals surface area contributed by atoms with Crippen molar-refractivity contribution in [2.24, 2.45) is 0 Å². The molecule has 0 aliphatic heterocycles. The molecule has 2 heterocycles. The summed E-state index contributed by atoms with van der Waals surface area (Å²) >= 11 is 0. The van der Waals surface area contributed by atoms with Gasteiger partial charge in [-0.25, -0.2) is 9.67 Å². The van der Waals surface area contributed by atoms with Crippen LogP contribution in [0.2, 0.25) is 0 Å². The highest BCUT2D eigenvalue weighted by Crippen LogP contribution is 2.23. The van der Waals surface area contributed by atoms with E-state index in [1.54, 1.807) is 22.9 Å². The Bertz CT molecular complexity index is 852. The van der Waals surface area contributed by atoms with Gasteiger partial charge >= 0.3 is 0 Å². The van der Waals surface area contributed by atoms with Crippen LogP contribution in [-0.4, -0.2) is 26.2 Å². The van der Waals surface area contributed by atoms with Crippen LogP contribution >= 0.6 is 0 Å². The van der Waals surface area contributed by atoms with Crippen molar-refractivity contribution < 1.29 is 0 Å². The van der Waals surface area contributed by atoms with Crippen LogP contribution in [0.15, 0.2) is 49.1 Å². The van der Waals surface area contributed by atoms with Crippen LogP contribution in [0, 0.1) is 17.7 Å². The lowest BCUT2D eigenvalue weighted by atomic mass is 10.0. The van der Waals surface area contributed by atoms with Gasteiger partial charge in [0.2, 0.25) is 0 Å². The molecule has 0 aromatic carbocycles. The first-order valence-corrected chi connectivity index (χ1v) is 6.82. The Kier molecular flexibility index (Phi) is 3.39. The molecular weight excluding hydrogens is 274 g/mol. The van der Waals surface area contributed by atoms with E-state index in [0.29, 0.717) is 5.82 Å². The summed E-state index contributed by atoms with van der Waals surface area (Å²) in [6, 6.07) is 7.64. The third kappa shape index (κ3) is 2.44. The number of allylic oxidation sites excluding steroid dienone is 4. The first kappa shape index (κ1) is 13.9. The van der Waals surface area contributed by atoms with E-state index in [9.17, 15) is 0 Å². The van der Waals surface area contributed by atoms with E-state index in [-0.39, 0.29) is 11.4 Å². The van der Waals surface area contributed by atoms with Gasteiger partial charge in [-0.2, -0.15) is 5.10 Å². The number of aryl methyl sites for hydroxylation is 1. The summed E-state index contributed by atoms with van der Waals surface area (Å²) in [7, 11) is 0. The molecule has 2 aromatic heterocycles. The lowest BCUT2D eigenvalue weighted by Gasteiger charge is -2.11. The monoisotopic (exact) mass is 289 g/mol. The molecule has 0 radical (unpaired) electrons. The van der Waals surface area contributed by atoms with Crippen molar-refractivity contribution >= 4 is 23.1 Å². The standard InChI is InChI=1S/C17H15N5/c1-3-13-10-16(12-7-8-14(18)15(19)9-12)22(21-13)17-6-4-5-11(2)20-17/h3-10,18-19H,1H2,2H3. The number of aromatic nitrogens is 3. The van der Waals surface area contributed by atoms with E-state index in [1.165, 1.54) is 0 Å². The molecule has 1 aliphatic rings. The Balaban J connectivity index is 2.16. The highest BCUT2D eigenvalue weighted by atomic mass is 15.3. The largest absolute Gasteiger partial charge is 0.299 e. The summed E-state index contributed by atoms with van der Waals surface area (Å²) in [4.78, 5) is 4.50. The van der Waals surface area contributed by atoms with Gasteiger partial charge in [0.1, 0.15) is 0 Å². The highest BCUT2D eigenvalue weighted by molar-refractivity contribution is 6.50. The summed E-state index contributed by atoms with van der Waals surface area (Å²) in [5.41, 5.74) is 3.67.